The van der Waals surface area contributed by atoms with Gasteiger partial charge in [-0.2, -0.15) is 0 Å². The van der Waals surface area contributed by atoms with Gasteiger partial charge in [-0.25, -0.2) is 0 Å². The number of hydrogen-bond donors (Lipinski definition) is 2. The second kappa shape index (κ2) is 4.52. The third kappa shape index (κ3) is 2.71. The normalized spacial score (nSPS) is 35.5. The van der Waals surface area contributed by atoms with Crippen molar-refractivity contribution in [3.05, 3.63) is 0 Å². The summed E-state index contributed by atoms with van der Waals surface area (Å²) in [6.45, 7) is 1.73. The first kappa shape index (κ1) is 10.9. The van der Waals surface area contributed by atoms with E-state index in [0.717, 1.165) is 11.8 Å². The van der Waals surface area contributed by atoms with E-state index in [1.54, 1.807) is 6.92 Å². The molecule has 15 heavy (non-hydrogen) atoms. The number of amides is 1. The predicted octanol–water partition coefficient (Wildman–Crippen LogP) is 1.45. The average molecular weight is 211 g/mol. The fourth-order valence-corrected chi connectivity index (χ4v) is 3.04. The van der Waals surface area contributed by atoms with E-state index in [1.807, 2.05) is 0 Å². The lowest BCUT2D eigenvalue weighted by Crippen LogP contribution is -2.38. The molecule has 0 saturated heterocycles. The lowest BCUT2D eigenvalue weighted by Gasteiger charge is -2.22. The van der Waals surface area contributed by atoms with Crippen LogP contribution in [0.1, 0.15) is 45.4 Å². The van der Waals surface area contributed by atoms with E-state index >= 15 is 0 Å². The lowest BCUT2D eigenvalue weighted by molar-refractivity contribution is -0.122. The minimum absolute atomic E-state index is 0.119. The van der Waals surface area contributed by atoms with Crippen molar-refractivity contribution >= 4 is 5.91 Å². The molecule has 2 aliphatic carbocycles. The average Bonchev–Trinajstić information content (AvgIpc) is 2.76. The molecule has 2 rings (SSSR count). The van der Waals surface area contributed by atoms with Crippen LogP contribution in [-0.4, -0.2) is 23.2 Å². The van der Waals surface area contributed by atoms with Gasteiger partial charge in [-0.3, -0.25) is 4.79 Å². The number of hydrogen-bond acceptors (Lipinski definition) is 2. The number of carbonyl (C=O) groups is 1. The summed E-state index contributed by atoms with van der Waals surface area (Å²) in [4.78, 5) is 11.6. The number of carbonyl (C=O) groups excluding carboxylic acids is 1. The van der Waals surface area contributed by atoms with E-state index in [-0.39, 0.29) is 12.0 Å². The molecule has 0 aromatic carbocycles. The maximum absolute atomic E-state index is 11.6. The van der Waals surface area contributed by atoms with Crippen LogP contribution < -0.4 is 5.32 Å². The molecule has 1 amide bonds. The van der Waals surface area contributed by atoms with Gasteiger partial charge in [0.25, 0.3) is 0 Å². The number of aliphatic hydroxyl groups excluding tert-OH is 1. The summed E-state index contributed by atoms with van der Waals surface area (Å²) in [5.41, 5.74) is 0. The maximum atomic E-state index is 11.6. The van der Waals surface area contributed by atoms with Gasteiger partial charge in [0, 0.05) is 12.5 Å². The monoisotopic (exact) mass is 211 g/mol. The lowest BCUT2D eigenvalue weighted by atomic mass is 9.95. The fraction of sp³-hybridized carbons (Fsp3) is 0.917. The van der Waals surface area contributed by atoms with Gasteiger partial charge in [0.15, 0.2) is 0 Å². The summed E-state index contributed by atoms with van der Waals surface area (Å²) in [7, 11) is 0. The van der Waals surface area contributed by atoms with Crippen LogP contribution in [0.25, 0.3) is 0 Å². The highest BCUT2D eigenvalue weighted by Gasteiger charge is 2.39. The second-order valence-corrected chi connectivity index (χ2v) is 5.24. The van der Waals surface area contributed by atoms with Crippen molar-refractivity contribution < 1.29 is 9.90 Å². The Morgan fingerprint density at radius 1 is 1.47 bits per heavy atom. The highest BCUT2D eigenvalue weighted by Crippen LogP contribution is 2.44. The zero-order valence-corrected chi connectivity index (χ0v) is 9.41. The van der Waals surface area contributed by atoms with Crippen LogP contribution in [0.15, 0.2) is 0 Å². The predicted molar refractivity (Wildman–Crippen MR) is 58.3 cm³/mol. The molecule has 2 bridgehead atoms. The first-order chi connectivity index (χ1) is 7.15. The Hall–Kier alpha value is -0.570. The van der Waals surface area contributed by atoms with Crippen molar-refractivity contribution in [2.24, 2.45) is 11.8 Å². The molecule has 3 heteroatoms. The van der Waals surface area contributed by atoms with Crippen LogP contribution in [0.3, 0.4) is 0 Å². The van der Waals surface area contributed by atoms with Gasteiger partial charge >= 0.3 is 0 Å². The van der Waals surface area contributed by atoms with Gasteiger partial charge in [-0.1, -0.05) is 6.42 Å². The Labute approximate surface area is 91.2 Å². The van der Waals surface area contributed by atoms with Crippen LogP contribution in [0.2, 0.25) is 0 Å². The molecule has 3 nitrogen and oxygen atoms in total. The Kier molecular flexibility index (Phi) is 3.29. The molecule has 86 valence electrons. The second-order valence-electron chi connectivity index (χ2n) is 5.24. The topological polar surface area (TPSA) is 49.3 Å². The highest BCUT2D eigenvalue weighted by molar-refractivity contribution is 5.76. The summed E-state index contributed by atoms with van der Waals surface area (Å²) < 4.78 is 0. The van der Waals surface area contributed by atoms with Gasteiger partial charge in [0.1, 0.15) is 0 Å². The van der Waals surface area contributed by atoms with Crippen molar-refractivity contribution in [3.63, 3.8) is 0 Å². The Morgan fingerprint density at radius 3 is 2.80 bits per heavy atom. The standard InChI is InChI=1S/C12H21NO2/c1-8(14)2-5-12(15)13-11-7-9-3-4-10(11)6-9/h8-11,14H,2-7H2,1H3,(H,13,15). The summed E-state index contributed by atoms with van der Waals surface area (Å²) in [5.74, 6) is 1.73. The molecular formula is C12H21NO2. The van der Waals surface area contributed by atoms with Crippen LogP contribution >= 0.6 is 0 Å². The Balaban J connectivity index is 1.71. The Bertz CT molecular complexity index is 240. The molecule has 0 spiro atoms. The van der Waals surface area contributed by atoms with E-state index in [1.165, 1.54) is 25.7 Å². The molecule has 4 atom stereocenters. The minimum Gasteiger partial charge on any atom is -0.393 e. The highest BCUT2D eigenvalue weighted by atomic mass is 16.3. The quantitative estimate of drug-likeness (QED) is 0.739. The molecular weight excluding hydrogens is 190 g/mol. The summed E-state index contributed by atoms with van der Waals surface area (Å²) in [5, 5.41) is 12.2. The van der Waals surface area contributed by atoms with E-state index in [4.69, 9.17) is 5.11 Å². The summed E-state index contributed by atoms with van der Waals surface area (Å²) in [6.07, 6.45) is 5.84. The molecule has 0 aromatic heterocycles. The molecule has 4 unspecified atom stereocenters. The number of rotatable bonds is 4. The number of fused-ring (bicyclic) bond motifs is 2. The first-order valence-corrected chi connectivity index (χ1v) is 6.12. The maximum Gasteiger partial charge on any atom is 0.220 e. The smallest absolute Gasteiger partial charge is 0.220 e. The number of nitrogens with one attached hydrogen (secondary N) is 1. The van der Waals surface area contributed by atoms with Gasteiger partial charge in [-0.15, -0.1) is 0 Å². The SMILES string of the molecule is CC(O)CCC(=O)NC1CC2CCC1C2. The third-order valence-electron chi connectivity index (χ3n) is 3.87. The third-order valence-corrected chi connectivity index (χ3v) is 3.87. The molecule has 2 fully saturated rings. The Morgan fingerprint density at radius 2 is 2.27 bits per heavy atom. The zero-order chi connectivity index (χ0) is 10.8. The van der Waals surface area contributed by atoms with E-state index in [9.17, 15) is 4.79 Å². The fourth-order valence-electron chi connectivity index (χ4n) is 3.04. The molecule has 2 saturated carbocycles. The van der Waals surface area contributed by atoms with Crippen LogP contribution in [0.5, 0.6) is 0 Å². The van der Waals surface area contributed by atoms with Crippen molar-refractivity contribution in [2.45, 2.75) is 57.6 Å². The summed E-state index contributed by atoms with van der Waals surface area (Å²) in [6, 6.07) is 0.435. The van der Waals surface area contributed by atoms with Crippen LogP contribution in [-0.2, 0) is 4.79 Å². The number of aliphatic hydroxyl groups is 1. The first-order valence-electron chi connectivity index (χ1n) is 6.12. The summed E-state index contributed by atoms with van der Waals surface area (Å²) >= 11 is 0. The zero-order valence-electron chi connectivity index (χ0n) is 9.41. The van der Waals surface area contributed by atoms with Gasteiger partial charge in [0.2, 0.25) is 5.91 Å². The van der Waals surface area contributed by atoms with Gasteiger partial charge in [-0.05, 0) is 44.4 Å². The minimum atomic E-state index is -0.365. The van der Waals surface area contributed by atoms with E-state index in [0.29, 0.717) is 18.9 Å². The van der Waals surface area contributed by atoms with Gasteiger partial charge < -0.3 is 10.4 Å². The molecule has 0 aromatic rings. The van der Waals surface area contributed by atoms with Crippen LogP contribution in [0.4, 0.5) is 0 Å². The van der Waals surface area contributed by atoms with Crippen molar-refractivity contribution in [3.8, 4) is 0 Å². The molecule has 0 radical (unpaired) electrons. The largest absolute Gasteiger partial charge is 0.393 e. The molecule has 0 heterocycles. The van der Waals surface area contributed by atoms with Gasteiger partial charge in [0.05, 0.1) is 6.10 Å². The molecule has 2 aliphatic rings. The van der Waals surface area contributed by atoms with Crippen molar-refractivity contribution in [2.75, 3.05) is 0 Å². The van der Waals surface area contributed by atoms with E-state index in [2.05, 4.69) is 5.32 Å². The van der Waals surface area contributed by atoms with E-state index < -0.39 is 0 Å². The van der Waals surface area contributed by atoms with Crippen LogP contribution in [0, 0.1) is 11.8 Å². The van der Waals surface area contributed by atoms with Crippen molar-refractivity contribution in [1.29, 1.82) is 0 Å². The molecule has 2 N–H and O–H groups in total. The van der Waals surface area contributed by atoms with Crippen molar-refractivity contribution in [1.82, 2.24) is 5.32 Å². The molecule has 0 aliphatic heterocycles.